The van der Waals surface area contributed by atoms with Crippen molar-refractivity contribution in [1.29, 1.82) is 0 Å². The fraction of sp³-hybridized carbons (Fsp3) is 0.333. The maximum absolute atomic E-state index is 11.9. The van der Waals surface area contributed by atoms with Crippen molar-refractivity contribution in [1.82, 2.24) is 15.1 Å². The molecule has 0 unspecified atom stereocenters. The van der Waals surface area contributed by atoms with Crippen LogP contribution in [0.5, 0.6) is 0 Å². The number of aromatic nitrogens is 2. The van der Waals surface area contributed by atoms with Gasteiger partial charge in [-0.3, -0.25) is 9.48 Å². The monoisotopic (exact) mass is 248 g/mol. The Labute approximate surface area is 105 Å². The van der Waals surface area contributed by atoms with Crippen molar-refractivity contribution < 1.29 is 9.21 Å². The summed E-state index contributed by atoms with van der Waals surface area (Å²) >= 11 is 0. The first kappa shape index (κ1) is 12.2. The lowest BCUT2D eigenvalue weighted by Gasteiger charge is -2.03. The molecule has 2 rings (SSSR count). The van der Waals surface area contributed by atoms with E-state index < -0.39 is 0 Å². The fourth-order valence-corrected chi connectivity index (χ4v) is 1.51. The van der Waals surface area contributed by atoms with Gasteiger partial charge in [0, 0.05) is 12.2 Å². The largest absolute Gasteiger partial charge is 0.467 e. The third kappa shape index (κ3) is 2.53. The van der Waals surface area contributed by atoms with E-state index in [9.17, 15) is 4.79 Å². The summed E-state index contributed by atoms with van der Waals surface area (Å²) in [6, 6.07) is 3.72. The summed E-state index contributed by atoms with van der Waals surface area (Å²) in [4.78, 5) is 11.9. The zero-order chi connectivity index (χ0) is 13.1. The predicted molar refractivity (Wildman–Crippen MR) is 66.9 cm³/mol. The maximum atomic E-state index is 11.9. The van der Waals surface area contributed by atoms with Crippen LogP contribution < -0.4 is 11.1 Å². The number of hydrogen-bond donors (Lipinski definition) is 2. The minimum Gasteiger partial charge on any atom is -0.467 e. The van der Waals surface area contributed by atoms with E-state index >= 15 is 0 Å². The molecule has 2 aromatic heterocycles. The molecule has 0 radical (unpaired) electrons. The second-order valence-electron chi connectivity index (χ2n) is 4.27. The molecule has 96 valence electrons. The number of anilines is 1. The second-order valence-corrected chi connectivity index (χ2v) is 4.27. The Bertz CT molecular complexity index is 528. The number of nitrogen functional groups attached to an aromatic ring is 1. The van der Waals surface area contributed by atoms with Crippen LogP contribution >= 0.6 is 0 Å². The molecular formula is C12H16N4O2. The average molecular weight is 248 g/mol. The number of hydrogen-bond acceptors (Lipinski definition) is 4. The average Bonchev–Trinajstić information content (AvgIpc) is 2.94. The molecule has 0 aliphatic heterocycles. The molecule has 1 amide bonds. The van der Waals surface area contributed by atoms with E-state index in [4.69, 9.17) is 10.2 Å². The van der Waals surface area contributed by atoms with Crippen molar-refractivity contribution in [3.63, 3.8) is 0 Å². The van der Waals surface area contributed by atoms with E-state index in [0.717, 1.165) is 0 Å². The van der Waals surface area contributed by atoms with E-state index in [0.29, 0.717) is 18.0 Å². The van der Waals surface area contributed by atoms with E-state index in [1.165, 1.54) is 0 Å². The number of furan rings is 1. The Hall–Kier alpha value is -2.24. The van der Waals surface area contributed by atoms with Crippen LogP contribution in [0.4, 0.5) is 5.69 Å². The van der Waals surface area contributed by atoms with Gasteiger partial charge in [0.25, 0.3) is 5.91 Å². The van der Waals surface area contributed by atoms with Crippen LogP contribution in [-0.4, -0.2) is 15.7 Å². The molecule has 0 aliphatic rings. The zero-order valence-electron chi connectivity index (χ0n) is 10.4. The number of nitrogens with one attached hydrogen (secondary N) is 1. The first-order chi connectivity index (χ1) is 8.58. The topological polar surface area (TPSA) is 86.1 Å². The Kier molecular flexibility index (Phi) is 3.36. The van der Waals surface area contributed by atoms with E-state index in [2.05, 4.69) is 10.4 Å². The van der Waals surface area contributed by atoms with Gasteiger partial charge in [-0.05, 0) is 26.0 Å². The van der Waals surface area contributed by atoms with E-state index in [-0.39, 0.29) is 17.6 Å². The molecule has 18 heavy (non-hydrogen) atoms. The van der Waals surface area contributed by atoms with Crippen LogP contribution in [0.15, 0.2) is 29.0 Å². The normalized spacial score (nSPS) is 10.8. The standard InChI is InChI=1S/C12H16N4O2/c1-8(2)16-7-10(13)11(15-16)12(17)14-6-9-4-3-5-18-9/h3-5,7-8H,6,13H2,1-2H3,(H,14,17). The van der Waals surface area contributed by atoms with Gasteiger partial charge >= 0.3 is 0 Å². The number of carbonyl (C=O) groups excluding carboxylic acids is 1. The quantitative estimate of drug-likeness (QED) is 0.859. The summed E-state index contributed by atoms with van der Waals surface area (Å²) in [5, 5.41) is 6.86. The van der Waals surface area contributed by atoms with E-state index in [1.807, 2.05) is 13.8 Å². The van der Waals surface area contributed by atoms with Crippen LogP contribution in [0.25, 0.3) is 0 Å². The van der Waals surface area contributed by atoms with Gasteiger partial charge in [-0.1, -0.05) is 0 Å². The van der Waals surface area contributed by atoms with Crippen molar-refractivity contribution in [3.05, 3.63) is 36.0 Å². The number of carbonyl (C=O) groups is 1. The zero-order valence-corrected chi connectivity index (χ0v) is 10.4. The molecule has 0 saturated heterocycles. The lowest BCUT2D eigenvalue weighted by molar-refractivity contribution is 0.0943. The molecule has 2 aromatic rings. The van der Waals surface area contributed by atoms with Crippen LogP contribution in [0.1, 0.15) is 36.1 Å². The Balaban J connectivity index is 2.04. The number of amides is 1. The summed E-state index contributed by atoms with van der Waals surface area (Å²) in [5.41, 5.74) is 6.38. The highest BCUT2D eigenvalue weighted by molar-refractivity contribution is 5.96. The van der Waals surface area contributed by atoms with Gasteiger partial charge in [0.1, 0.15) is 5.76 Å². The van der Waals surface area contributed by atoms with Gasteiger partial charge in [0.2, 0.25) is 0 Å². The third-order valence-corrected chi connectivity index (χ3v) is 2.51. The van der Waals surface area contributed by atoms with Gasteiger partial charge in [-0.2, -0.15) is 5.10 Å². The van der Waals surface area contributed by atoms with Gasteiger partial charge in [-0.15, -0.1) is 0 Å². The predicted octanol–water partition coefficient (Wildman–Crippen LogP) is 1.57. The fourth-order valence-electron chi connectivity index (χ4n) is 1.51. The highest BCUT2D eigenvalue weighted by Gasteiger charge is 2.15. The molecule has 2 heterocycles. The first-order valence-electron chi connectivity index (χ1n) is 5.73. The molecule has 0 aliphatic carbocycles. The summed E-state index contributed by atoms with van der Waals surface area (Å²) in [7, 11) is 0. The van der Waals surface area contributed by atoms with Crippen LogP contribution in [0.2, 0.25) is 0 Å². The molecule has 0 fully saturated rings. The molecule has 6 heteroatoms. The molecule has 0 aromatic carbocycles. The highest BCUT2D eigenvalue weighted by Crippen LogP contribution is 2.13. The molecule has 6 nitrogen and oxygen atoms in total. The molecule has 0 atom stereocenters. The molecule has 0 spiro atoms. The third-order valence-electron chi connectivity index (χ3n) is 2.51. The van der Waals surface area contributed by atoms with Crippen LogP contribution in [-0.2, 0) is 6.54 Å². The summed E-state index contributed by atoms with van der Waals surface area (Å²) in [6.45, 7) is 4.26. The van der Waals surface area contributed by atoms with E-state index in [1.54, 1.807) is 29.3 Å². The summed E-state index contributed by atoms with van der Waals surface area (Å²) in [5.74, 6) is 0.383. The van der Waals surface area contributed by atoms with Crippen molar-refractivity contribution in [3.8, 4) is 0 Å². The van der Waals surface area contributed by atoms with Crippen LogP contribution in [0.3, 0.4) is 0 Å². The number of nitrogens with two attached hydrogens (primary N) is 1. The van der Waals surface area contributed by atoms with Gasteiger partial charge in [0.15, 0.2) is 5.69 Å². The van der Waals surface area contributed by atoms with Gasteiger partial charge in [-0.25, -0.2) is 0 Å². The highest BCUT2D eigenvalue weighted by atomic mass is 16.3. The molecule has 0 bridgehead atoms. The van der Waals surface area contributed by atoms with Gasteiger partial charge in [0.05, 0.1) is 18.5 Å². The number of rotatable bonds is 4. The smallest absolute Gasteiger partial charge is 0.274 e. The van der Waals surface area contributed by atoms with Crippen molar-refractivity contribution in [2.75, 3.05) is 5.73 Å². The molecule has 0 saturated carbocycles. The van der Waals surface area contributed by atoms with Gasteiger partial charge < -0.3 is 15.5 Å². The van der Waals surface area contributed by atoms with Crippen molar-refractivity contribution >= 4 is 11.6 Å². The van der Waals surface area contributed by atoms with Crippen LogP contribution in [0, 0.1) is 0 Å². The molecule has 3 N–H and O–H groups in total. The first-order valence-corrected chi connectivity index (χ1v) is 5.73. The lowest BCUT2D eigenvalue weighted by atomic mass is 10.3. The SMILES string of the molecule is CC(C)n1cc(N)c(C(=O)NCc2ccco2)n1. The summed E-state index contributed by atoms with van der Waals surface area (Å²) in [6.07, 6.45) is 3.22. The minimum absolute atomic E-state index is 0.166. The van der Waals surface area contributed by atoms with Crippen molar-refractivity contribution in [2.45, 2.75) is 26.4 Å². The van der Waals surface area contributed by atoms with Crippen molar-refractivity contribution in [2.24, 2.45) is 0 Å². The Morgan fingerprint density at radius 2 is 2.39 bits per heavy atom. The Morgan fingerprint density at radius 3 is 2.94 bits per heavy atom. The second kappa shape index (κ2) is 4.95. The summed E-state index contributed by atoms with van der Waals surface area (Å²) < 4.78 is 6.79. The molecular weight excluding hydrogens is 232 g/mol. The maximum Gasteiger partial charge on any atom is 0.274 e. The lowest BCUT2D eigenvalue weighted by Crippen LogP contribution is -2.24. The minimum atomic E-state index is -0.302. The Morgan fingerprint density at radius 1 is 1.61 bits per heavy atom. The number of nitrogens with zero attached hydrogens (tertiary/aromatic N) is 2.